The molecule has 0 fully saturated rings. The van der Waals surface area contributed by atoms with Crippen molar-refractivity contribution in [1.82, 2.24) is 4.90 Å². The summed E-state index contributed by atoms with van der Waals surface area (Å²) in [5, 5.41) is 0. The van der Waals surface area contributed by atoms with Gasteiger partial charge in [-0.3, -0.25) is 9.69 Å². The SMILES string of the molecule is Cc1cccc(CN(C)CC(=O)c2cc(F)ccc2F)c1. The van der Waals surface area contributed by atoms with E-state index in [0.717, 1.165) is 29.3 Å². The summed E-state index contributed by atoms with van der Waals surface area (Å²) >= 11 is 0. The molecule has 2 aromatic carbocycles. The summed E-state index contributed by atoms with van der Waals surface area (Å²) in [5.74, 6) is -1.73. The van der Waals surface area contributed by atoms with E-state index in [9.17, 15) is 13.6 Å². The molecule has 0 aliphatic heterocycles. The summed E-state index contributed by atoms with van der Waals surface area (Å²) in [6.45, 7) is 2.61. The maximum absolute atomic E-state index is 13.5. The average Bonchev–Trinajstić information content (AvgIpc) is 2.41. The van der Waals surface area contributed by atoms with Crippen LogP contribution < -0.4 is 0 Å². The second-order valence-corrected chi connectivity index (χ2v) is 5.21. The first-order valence-electron chi connectivity index (χ1n) is 6.68. The van der Waals surface area contributed by atoms with E-state index in [4.69, 9.17) is 0 Å². The Kier molecular flexibility index (Phi) is 4.81. The van der Waals surface area contributed by atoms with Crippen LogP contribution in [0.4, 0.5) is 8.78 Å². The van der Waals surface area contributed by atoms with Crippen LogP contribution in [0.1, 0.15) is 21.5 Å². The molecule has 2 nitrogen and oxygen atoms in total. The number of benzene rings is 2. The van der Waals surface area contributed by atoms with E-state index in [1.165, 1.54) is 0 Å². The quantitative estimate of drug-likeness (QED) is 0.784. The number of rotatable bonds is 5. The Balaban J connectivity index is 2.03. The number of ketones is 1. The summed E-state index contributed by atoms with van der Waals surface area (Å²) in [6, 6.07) is 10.9. The van der Waals surface area contributed by atoms with Crippen molar-refractivity contribution in [2.45, 2.75) is 13.5 Å². The number of likely N-dealkylation sites (N-methyl/N-ethyl adjacent to an activating group) is 1. The largest absolute Gasteiger partial charge is 0.295 e. The Hall–Kier alpha value is -2.07. The Morgan fingerprint density at radius 1 is 1.14 bits per heavy atom. The van der Waals surface area contributed by atoms with E-state index in [1.54, 1.807) is 11.9 Å². The monoisotopic (exact) mass is 289 g/mol. The standard InChI is InChI=1S/C17H17F2NO/c1-12-4-3-5-13(8-12)10-20(2)11-17(21)15-9-14(18)6-7-16(15)19/h3-9H,10-11H2,1-2H3. The van der Waals surface area contributed by atoms with Crippen LogP contribution >= 0.6 is 0 Å². The minimum Gasteiger partial charge on any atom is -0.295 e. The highest BCUT2D eigenvalue weighted by atomic mass is 19.1. The number of hydrogen-bond acceptors (Lipinski definition) is 2. The summed E-state index contributed by atoms with van der Waals surface area (Å²) in [4.78, 5) is 13.8. The van der Waals surface area contributed by atoms with Gasteiger partial charge in [0.2, 0.25) is 0 Å². The van der Waals surface area contributed by atoms with Crippen LogP contribution in [0, 0.1) is 18.6 Å². The van der Waals surface area contributed by atoms with Crippen molar-refractivity contribution in [2.24, 2.45) is 0 Å². The average molecular weight is 289 g/mol. The molecule has 0 heterocycles. The van der Waals surface area contributed by atoms with Gasteiger partial charge in [0.15, 0.2) is 5.78 Å². The van der Waals surface area contributed by atoms with E-state index in [2.05, 4.69) is 0 Å². The summed E-state index contributed by atoms with van der Waals surface area (Å²) in [6.07, 6.45) is 0. The highest BCUT2D eigenvalue weighted by Crippen LogP contribution is 2.12. The lowest BCUT2D eigenvalue weighted by Gasteiger charge is -2.16. The van der Waals surface area contributed by atoms with Crippen molar-refractivity contribution in [1.29, 1.82) is 0 Å². The number of carbonyl (C=O) groups is 1. The van der Waals surface area contributed by atoms with Crippen molar-refractivity contribution in [3.63, 3.8) is 0 Å². The maximum Gasteiger partial charge on any atom is 0.179 e. The van der Waals surface area contributed by atoms with Crippen LogP contribution in [0.5, 0.6) is 0 Å². The van der Waals surface area contributed by atoms with Gasteiger partial charge in [-0.25, -0.2) is 8.78 Å². The van der Waals surface area contributed by atoms with Crippen LogP contribution in [0.2, 0.25) is 0 Å². The predicted octanol–water partition coefficient (Wildman–Crippen LogP) is 3.59. The van der Waals surface area contributed by atoms with E-state index in [-0.39, 0.29) is 12.1 Å². The van der Waals surface area contributed by atoms with Crippen LogP contribution in [0.15, 0.2) is 42.5 Å². The summed E-state index contributed by atoms with van der Waals surface area (Å²) in [7, 11) is 1.78. The Labute approximate surface area is 123 Å². The third-order valence-electron chi connectivity index (χ3n) is 3.18. The Morgan fingerprint density at radius 2 is 1.90 bits per heavy atom. The van der Waals surface area contributed by atoms with Gasteiger partial charge in [-0.1, -0.05) is 29.8 Å². The number of halogens is 2. The van der Waals surface area contributed by atoms with Gasteiger partial charge in [-0.2, -0.15) is 0 Å². The number of aryl methyl sites for hydroxylation is 1. The molecule has 0 saturated heterocycles. The first-order chi connectivity index (χ1) is 9.95. The molecule has 4 heteroatoms. The molecule has 0 N–H and O–H groups in total. The van der Waals surface area contributed by atoms with Crippen molar-refractivity contribution >= 4 is 5.78 Å². The predicted molar refractivity (Wildman–Crippen MR) is 78.2 cm³/mol. The molecule has 0 amide bonds. The minimum absolute atomic E-state index is 0.0360. The molecule has 2 rings (SSSR count). The molecule has 110 valence electrons. The lowest BCUT2D eigenvalue weighted by Crippen LogP contribution is -2.26. The van der Waals surface area contributed by atoms with Crippen LogP contribution in [-0.2, 0) is 6.54 Å². The normalized spacial score (nSPS) is 10.9. The van der Waals surface area contributed by atoms with Crippen molar-refractivity contribution in [2.75, 3.05) is 13.6 Å². The zero-order chi connectivity index (χ0) is 15.4. The summed E-state index contributed by atoms with van der Waals surface area (Å²) < 4.78 is 26.6. The fraction of sp³-hybridized carbons (Fsp3) is 0.235. The zero-order valence-electron chi connectivity index (χ0n) is 12.1. The van der Waals surface area contributed by atoms with E-state index in [1.807, 2.05) is 31.2 Å². The third kappa shape index (κ3) is 4.20. The molecule has 0 atom stereocenters. The van der Waals surface area contributed by atoms with Gasteiger partial charge in [0.25, 0.3) is 0 Å². The van der Waals surface area contributed by atoms with Gasteiger partial charge in [-0.05, 0) is 37.7 Å². The van der Waals surface area contributed by atoms with Gasteiger partial charge < -0.3 is 0 Å². The van der Waals surface area contributed by atoms with Gasteiger partial charge in [0.05, 0.1) is 12.1 Å². The van der Waals surface area contributed by atoms with Gasteiger partial charge in [-0.15, -0.1) is 0 Å². The molecule has 2 aromatic rings. The van der Waals surface area contributed by atoms with Gasteiger partial charge >= 0.3 is 0 Å². The summed E-state index contributed by atoms with van der Waals surface area (Å²) in [5.41, 5.74) is 2.01. The fourth-order valence-corrected chi connectivity index (χ4v) is 2.22. The second-order valence-electron chi connectivity index (χ2n) is 5.21. The topological polar surface area (TPSA) is 20.3 Å². The van der Waals surface area contributed by atoms with Gasteiger partial charge in [0.1, 0.15) is 11.6 Å². The molecule has 21 heavy (non-hydrogen) atoms. The molecule has 0 aromatic heterocycles. The first-order valence-corrected chi connectivity index (χ1v) is 6.68. The molecular formula is C17H17F2NO. The molecular weight excluding hydrogens is 272 g/mol. The van der Waals surface area contributed by atoms with E-state index < -0.39 is 17.4 Å². The first kappa shape index (κ1) is 15.3. The second kappa shape index (κ2) is 6.59. The van der Waals surface area contributed by atoms with Crippen molar-refractivity contribution in [3.8, 4) is 0 Å². The van der Waals surface area contributed by atoms with Crippen LogP contribution in [-0.4, -0.2) is 24.3 Å². The Morgan fingerprint density at radius 3 is 2.62 bits per heavy atom. The zero-order valence-corrected chi connectivity index (χ0v) is 12.1. The maximum atomic E-state index is 13.5. The fourth-order valence-electron chi connectivity index (χ4n) is 2.22. The molecule has 0 radical (unpaired) electrons. The lowest BCUT2D eigenvalue weighted by molar-refractivity contribution is 0.0938. The number of carbonyl (C=O) groups excluding carboxylic acids is 1. The minimum atomic E-state index is -0.689. The number of nitrogens with zero attached hydrogens (tertiary/aromatic N) is 1. The highest BCUT2D eigenvalue weighted by Gasteiger charge is 2.15. The lowest BCUT2D eigenvalue weighted by atomic mass is 10.1. The van der Waals surface area contributed by atoms with E-state index >= 15 is 0 Å². The van der Waals surface area contributed by atoms with Crippen LogP contribution in [0.25, 0.3) is 0 Å². The molecule has 0 aliphatic rings. The van der Waals surface area contributed by atoms with Crippen molar-refractivity contribution < 1.29 is 13.6 Å². The molecule has 0 aliphatic carbocycles. The number of hydrogen-bond donors (Lipinski definition) is 0. The third-order valence-corrected chi connectivity index (χ3v) is 3.18. The van der Waals surface area contributed by atoms with E-state index in [0.29, 0.717) is 6.54 Å². The molecule has 0 unspecified atom stereocenters. The van der Waals surface area contributed by atoms with Gasteiger partial charge in [0, 0.05) is 6.54 Å². The van der Waals surface area contributed by atoms with Crippen LogP contribution in [0.3, 0.4) is 0 Å². The Bertz CT molecular complexity index is 655. The number of Topliss-reactive ketones (excluding diaryl/α,β-unsaturated/α-hetero) is 1. The molecule has 0 bridgehead atoms. The molecule has 0 saturated carbocycles. The highest BCUT2D eigenvalue weighted by molar-refractivity contribution is 5.97. The van der Waals surface area contributed by atoms with Crippen molar-refractivity contribution in [3.05, 3.63) is 70.8 Å². The smallest absolute Gasteiger partial charge is 0.179 e. The molecule has 0 spiro atoms.